The Hall–Kier alpha value is -1.92. The number of nitrogens with zero attached hydrogens (tertiary/aromatic N) is 2. The van der Waals surface area contributed by atoms with Crippen LogP contribution in [0.5, 0.6) is 0 Å². The maximum absolute atomic E-state index is 5.27. The second-order valence-electron chi connectivity index (χ2n) is 2.75. The van der Waals surface area contributed by atoms with Gasteiger partial charge in [0.25, 0.3) is 0 Å². The third-order valence-corrected chi connectivity index (χ3v) is 1.77. The van der Waals surface area contributed by atoms with Crippen molar-refractivity contribution in [1.82, 2.24) is 9.97 Å². The lowest BCUT2D eigenvalue weighted by Crippen LogP contribution is -1.94. The molecule has 0 aliphatic heterocycles. The fourth-order valence-electron chi connectivity index (χ4n) is 1.16. The quantitative estimate of drug-likeness (QED) is 0.618. The lowest BCUT2D eigenvalue weighted by atomic mass is 10.3. The molecule has 3 nitrogen and oxygen atoms in total. The van der Waals surface area contributed by atoms with Crippen LogP contribution in [0.1, 0.15) is 5.69 Å². The highest BCUT2D eigenvalue weighted by molar-refractivity contribution is 5.74. The van der Waals surface area contributed by atoms with Crippen LogP contribution in [-0.4, -0.2) is 16.5 Å². The highest BCUT2D eigenvalue weighted by atomic mass is 14.8. The van der Waals surface area contributed by atoms with Crippen molar-refractivity contribution in [3.8, 4) is 11.8 Å². The van der Waals surface area contributed by atoms with Gasteiger partial charge in [-0.25, -0.2) is 4.98 Å². The van der Waals surface area contributed by atoms with Crippen LogP contribution in [-0.2, 0) is 0 Å². The number of hydrogen-bond acceptors (Lipinski definition) is 3. The minimum absolute atomic E-state index is 0.342. The maximum Gasteiger partial charge on any atom is 0.132 e. The zero-order valence-corrected chi connectivity index (χ0v) is 7.57. The maximum atomic E-state index is 5.27. The molecule has 14 heavy (non-hydrogen) atoms. The molecule has 1 heterocycles. The van der Waals surface area contributed by atoms with Crippen LogP contribution in [0.4, 0.5) is 0 Å². The van der Waals surface area contributed by atoms with E-state index >= 15 is 0 Å². The van der Waals surface area contributed by atoms with Crippen molar-refractivity contribution in [3.63, 3.8) is 0 Å². The average Bonchev–Trinajstić information content (AvgIpc) is 2.26. The van der Waals surface area contributed by atoms with Gasteiger partial charge in [-0.1, -0.05) is 18.1 Å². The van der Waals surface area contributed by atoms with Gasteiger partial charge in [-0.2, -0.15) is 0 Å². The SMILES string of the molecule is NCC#Cc1cnc2ccccc2n1. The molecule has 2 aromatic rings. The fraction of sp³-hybridized carbons (Fsp3) is 0.0909. The molecule has 0 bridgehead atoms. The molecule has 0 saturated carbocycles. The molecule has 1 aromatic carbocycles. The highest BCUT2D eigenvalue weighted by Gasteiger charge is 1.94. The standard InChI is InChI=1S/C11H9N3/c12-7-3-4-9-8-13-10-5-1-2-6-11(10)14-9/h1-2,5-6,8H,7,12H2. The molecule has 0 saturated heterocycles. The molecule has 0 amide bonds. The van der Waals surface area contributed by atoms with Crippen LogP contribution in [0.15, 0.2) is 30.5 Å². The third-order valence-electron chi connectivity index (χ3n) is 1.77. The molecule has 0 aliphatic rings. The normalized spacial score (nSPS) is 9.50. The van der Waals surface area contributed by atoms with Crippen molar-refractivity contribution in [3.05, 3.63) is 36.2 Å². The largest absolute Gasteiger partial charge is 0.320 e. The van der Waals surface area contributed by atoms with Gasteiger partial charge < -0.3 is 5.73 Å². The highest BCUT2D eigenvalue weighted by Crippen LogP contribution is 2.07. The van der Waals surface area contributed by atoms with Gasteiger partial charge in [-0.15, -0.1) is 0 Å². The van der Waals surface area contributed by atoms with Crippen molar-refractivity contribution in [2.45, 2.75) is 0 Å². The van der Waals surface area contributed by atoms with E-state index in [0.29, 0.717) is 12.2 Å². The van der Waals surface area contributed by atoms with Gasteiger partial charge in [0.05, 0.1) is 23.8 Å². The van der Waals surface area contributed by atoms with E-state index in [9.17, 15) is 0 Å². The Kier molecular flexibility index (Phi) is 2.39. The van der Waals surface area contributed by atoms with E-state index in [-0.39, 0.29) is 0 Å². The molecular weight excluding hydrogens is 174 g/mol. The molecule has 2 N–H and O–H groups in total. The number of nitrogens with two attached hydrogens (primary N) is 1. The van der Waals surface area contributed by atoms with E-state index < -0.39 is 0 Å². The van der Waals surface area contributed by atoms with Gasteiger partial charge in [-0.3, -0.25) is 4.98 Å². The van der Waals surface area contributed by atoms with Gasteiger partial charge >= 0.3 is 0 Å². The Labute approximate surface area is 82.0 Å². The minimum Gasteiger partial charge on any atom is -0.320 e. The predicted molar refractivity (Wildman–Crippen MR) is 55.5 cm³/mol. The lowest BCUT2D eigenvalue weighted by Gasteiger charge is -1.95. The summed E-state index contributed by atoms with van der Waals surface area (Å²) in [6.07, 6.45) is 1.66. The van der Waals surface area contributed by atoms with E-state index in [1.807, 2.05) is 24.3 Å². The van der Waals surface area contributed by atoms with E-state index in [0.717, 1.165) is 11.0 Å². The van der Waals surface area contributed by atoms with Crippen molar-refractivity contribution in [2.75, 3.05) is 6.54 Å². The summed E-state index contributed by atoms with van der Waals surface area (Å²) in [5.41, 5.74) is 7.67. The van der Waals surface area contributed by atoms with Crippen LogP contribution < -0.4 is 5.73 Å². The molecular formula is C11H9N3. The van der Waals surface area contributed by atoms with Gasteiger partial charge in [-0.05, 0) is 18.1 Å². The summed E-state index contributed by atoms with van der Waals surface area (Å²) < 4.78 is 0. The number of benzene rings is 1. The number of fused-ring (bicyclic) bond motifs is 1. The Morgan fingerprint density at radius 1 is 1.21 bits per heavy atom. The van der Waals surface area contributed by atoms with Crippen molar-refractivity contribution in [2.24, 2.45) is 5.73 Å². The smallest absolute Gasteiger partial charge is 0.132 e. The van der Waals surface area contributed by atoms with Crippen LogP contribution in [0.2, 0.25) is 0 Å². The van der Waals surface area contributed by atoms with Gasteiger partial charge in [0.2, 0.25) is 0 Å². The first-order valence-corrected chi connectivity index (χ1v) is 4.31. The first-order chi connectivity index (χ1) is 6.90. The number of hydrogen-bond donors (Lipinski definition) is 1. The van der Waals surface area contributed by atoms with Gasteiger partial charge in [0.15, 0.2) is 0 Å². The summed E-state index contributed by atoms with van der Waals surface area (Å²) in [4.78, 5) is 8.55. The summed E-state index contributed by atoms with van der Waals surface area (Å²) in [5.74, 6) is 5.59. The van der Waals surface area contributed by atoms with Crippen LogP contribution in [0.25, 0.3) is 11.0 Å². The monoisotopic (exact) mass is 183 g/mol. The van der Waals surface area contributed by atoms with Crippen molar-refractivity contribution >= 4 is 11.0 Å². The molecule has 1 aromatic heterocycles. The molecule has 0 unspecified atom stereocenters. The Balaban J connectivity index is 2.51. The summed E-state index contributed by atoms with van der Waals surface area (Å²) in [6, 6.07) is 7.69. The third kappa shape index (κ3) is 1.70. The Bertz CT molecular complexity index is 508. The Morgan fingerprint density at radius 3 is 2.79 bits per heavy atom. The van der Waals surface area contributed by atoms with Crippen molar-refractivity contribution in [1.29, 1.82) is 0 Å². The summed E-state index contributed by atoms with van der Waals surface area (Å²) >= 11 is 0. The first kappa shape index (κ1) is 8.67. The molecule has 0 atom stereocenters. The molecule has 0 fully saturated rings. The van der Waals surface area contributed by atoms with Crippen LogP contribution >= 0.6 is 0 Å². The average molecular weight is 183 g/mol. The molecule has 0 aliphatic carbocycles. The second kappa shape index (κ2) is 3.86. The predicted octanol–water partition coefficient (Wildman–Crippen LogP) is 0.940. The van der Waals surface area contributed by atoms with Crippen LogP contribution in [0, 0.1) is 11.8 Å². The number of rotatable bonds is 0. The van der Waals surface area contributed by atoms with E-state index in [4.69, 9.17) is 5.73 Å². The van der Waals surface area contributed by atoms with Gasteiger partial charge in [0, 0.05) is 0 Å². The van der Waals surface area contributed by atoms with Crippen molar-refractivity contribution < 1.29 is 0 Å². The lowest BCUT2D eigenvalue weighted by molar-refractivity contribution is 1.25. The summed E-state index contributed by atoms with van der Waals surface area (Å²) in [7, 11) is 0. The van der Waals surface area contributed by atoms with Gasteiger partial charge in [0.1, 0.15) is 5.69 Å². The number of aromatic nitrogens is 2. The Morgan fingerprint density at radius 2 is 2.00 bits per heavy atom. The molecule has 68 valence electrons. The number of para-hydroxylation sites is 2. The molecule has 3 heteroatoms. The van der Waals surface area contributed by atoms with E-state index in [2.05, 4.69) is 21.8 Å². The molecule has 0 radical (unpaired) electrons. The first-order valence-electron chi connectivity index (χ1n) is 4.31. The topological polar surface area (TPSA) is 51.8 Å². The second-order valence-corrected chi connectivity index (χ2v) is 2.75. The minimum atomic E-state index is 0.342. The fourth-order valence-corrected chi connectivity index (χ4v) is 1.16. The van der Waals surface area contributed by atoms with E-state index in [1.54, 1.807) is 6.20 Å². The zero-order chi connectivity index (χ0) is 9.80. The molecule has 0 spiro atoms. The van der Waals surface area contributed by atoms with E-state index in [1.165, 1.54) is 0 Å². The van der Waals surface area contributed by atoms with Crippen LogP contribution in [0.3, 0.4) is 0 Å². The zero-order valence-electron chi connectivity index (χ0n) is 7.57. The summed E-state index contributed by atoms with van der Waals surface area (Å²) in [6.45, 7) is 0.342. The summed E-state index contributed by atoms with van der Waals surface area (Å²) in [5, 5.41) is 0. The molecule has 2 rings (SSSR count).